The number of piperidine rings is 1. The van der Waals surface area contributed by atoms with Gasteiger partial charge in [0.15, 0.2) is 5.82 Å². The number of hydrogen-bond acceptors (Lipinski definition) is 4. The molecule has 3 heterocycles. The minimum absolute atomic E-state index is 0.519. The quantitative estimate of drug-likeness (QED) is 0.845. The lowest BCUT2D eigenvalue weighted by molar-refractivity contribution is 0.175. The molecular weight excluding hydrogens is 260 g/mol. The topological polar surface area (TPSA) is 45.4 Å². The first-order valence-corrected chi connectivity index (χ1v) is 7.53. The van der Waals surface area contributed by atoms with Crippen molar-refractivity contribution < 1.29 is 0 Å². The highest BCUT2D eigenvalue weighted by Crippen LogP contribution is 2.28. The van der Waals surface area contributed by atoms with Gasteiger partial charge in [0.05, 0.1) is 5.69 Å². The average molecular weight is 281 g/mol. The molecule has 0 amide bonds. The summed E-state index contributed by atoms with van der Waals surface area (Å²) in [6.07, 6.45) is 5.27. The van der Waals surface area contributed by atoms with Crippen LogP contribution < -0.4 is 10.6 Å². The predicted molar refractivity (Wildman–Crippen MR) is 79.7 cm³/mol. The fourth-order valence-electron chi connectivity index (χ4n) is 3.21. The normalized spacial score (nSPS) is 24.9. The third-order valence-electron chi connectivity index (χ3n) is 4.24. The molecule has 0 spiro atoms. The third kappa shape index (κ3) is 2.79. The summed E-state index contributed by atoms with van der Waals surface area (Å²) >= 11 is 5.98. The summed E-state index contributed by atoms with van der Waals surface area (Å²) in [5.74, 6) is 0.854. The van der Waals surface area contributed by atoms with E-state index in [2.05, 4.69) is 14.8 Å². The van der Waals surface area contributed by atoms with E-state index in [1.807, 2.05) is 6.07 Å². The molecule has 1 unspecified atom stereocenters. The number of nitrogens with zero attached hydrogens (tertiary/aromatic N) is 3. The van der Waals surface area contributed by atoms with Gasteiger partial charge in [0.2, 0.25) is 0 Å². The lowest BCUT2D eigenvalue weighted by Gasteiger charge is -2.32. The molecule has 1 atom stereocenters. The molecule has 0 radical (unpaired) electrons. The Balaban J connectivity index is 1.69. The Kier molecular flexibility index (Phi) is 3.80. The molecule has 5 heteroatoms. The molecule has 1 aromatic rings. The van der Waals surface area contributed by atoms with Crippen LogP contribution in [0.2, 0.25) is 5.15 Å². The molecule has 0 aromatic carbocycles. The van der Waals surface area contributed by atoms with Crippen LogP contribution >= 0.6 is 11.6 Å². The molecule has 2 aliphatic heterocycles. The summed E-state index contributed by atoms with van der Waals surface area (Å²) in [7, 11) is 0. The Hall–Kier alpha value is -1.00. The molecule has 2 fully saturated rings. The van der Waals surface area contributed by atoms with E-state index in [1.54, 1.807) is 6.07 Å². The van der Waals surface area contributed by atoms with Crippen LogP contribution in [0.5, 0.6) is 0 Å². The second-order valence-electron chi connectivity index (χ2n) is 5.53. The van der Waals surface area contributed by atoms with Crippen molar-refractivity contribution in [1.82, 2.24) is 9.88 Å². The Morgan fingerprint density at radius 1 is 1.16 bits per heavy atom. The standard InChI is InChI=1S/C14H21ClN4/c15-13-5-4-12(16)14(17-13)19-9-6-11(10-19)18-7-2-1-3-8-18/h4-5,11H,1-3,6-10,16H2. The number of likely N-dealkylation sites (tertiary alicyclic amines) is 1. The van der Waals surface area contributed by atoms with E-state index in [9.17, 15) is 0 Å². The molecule has 0 bridgehead atoms. The van der Waals surface area contributed by atoms with Gasteiger partial charge in [-0.05, 0) is 44.5 Å². The van der Waals surface area contributed by atoms with Crippen LogP contribution in [-0.2, 0) is 0 Å². The van der Waals surface area contributed by atoms with Crippen molar-refractivity contribution in [3.05, 3.63) is 17.3 Å². The summed E-state index contributed by atoms with van der Waals surface area (Å²) in [6, 6.07) is 4.25. The molecule has 0 aliphatic carbocycles. The maximum absolute atomic E-state index is 6.02. The minimum Gasteiger partial charge on any atom is -0.396 e. The Bertz CT molecular complexity index is 445. The van der Waals surface area contributed by atoms with Gasteiger partial charge < -0.3 is 10.6 Å². The van der Waals surface area contributed by atoms with Crippen LogP contribution in [-0.4, -0.2) is 42.1 Å². The maximum atomic E-state index is 6.02. The number of halogens is 1. The van der Waals surface area contributed by atoms with Gasteiger partial charge in [-0.2, -0.15) is 0 Å². The smallest absolute Gasteiger partial charge is 0.153 e. The second kappa shape index (κ2) is 5.55. The summed E-state index contributed by atoms with van der Waals surface area (Å²) in [4.78, 5) is 9.29. The summed E-state index contributed by atoms with van der Waals surface area (Å²) in [5, 5.41) is 0.519. The minimum atomic E-state index is 0.519. The number of aromatic nitrogens is 1. The fourth-order valence-corrected chi connectivity index (χ4v) is 3.35. The average Bonchev–Trinajstić information content (AvgIpc) is 2.92. The van der Waals surface area contributed by atoms with Crippen molar-refractivity contribution in [2.45, 2.75) is 31.7 Å². The van der Waals surface area contributed by atoms with E-state index in [-0.39, 0.29) is 0 Å². The largest absolute Gasteiger partial charge is 0.396 e. The van der Waals surface area contributed by atoms with Crippen molar-refractivity contribution in [2.75, 3.05) is 36.8 Å². The SMILES string of the molecule is Nc1ccc(Cl)nc1N1CCC(N2CCCCC2)C1. The van der Waals surface area contributed by atoms with Crippen LogP contribution in [0.4, 0.5) is 11.5 Å². The number of hydrogen-bond donors (Lipinski definition) is 1. The van der Waals surface area contributed by atoms with Gasteiger partial charge in [0.1, 0.15) is 5.15 Å². The number of anilines is 2. The first-order chi connectivity index (χ1) is 9.24. The Morgan fingerprint density at radius 2 is 1.95 bits per heavy atom. The first kappa shape index (κ1) is 13.0. The van der Waals surface area contributed by atoms with Crippen LogP contribution in [0.25, 0.3) is 0 Å². The van der Waals surface area contributed by atoms with Crippen molar-refractivity contribution >= 4 is 23.1 Å². The second-order valence-corrected chi connectivity index (χ2v) is 5.92. The molecule has 19 heavy (non-hydrogen) atoms. The first-order valence-electron chi connectivity index (χ1n) is 7.15. The fraction of sp³-hybridized carbons (Fsp3) is 0.643. The van der Waals surface area contributed by atoms with Gasteiger partial charge in [-0.1, -0.05) is 18.0 Å². The van der Waals surface area contributed by atoms with E-state index in [4.69, 9.17) is 17.3 Å². The molecular formula is C14H21ClN4. The zero-order valence-electron chi connectivity index (χ0n) is 11.2. The van der Waals surface area contributed by atoms with E-state index in [1.165, 1.54) is 38.8 Å². The zero-order valence-corrected chi connectivity index (χ0v) is 11.9. The Morgan fingerprint density at radius 3 is 2.74 bits per heavy atom. The van der Waals surface area contributed by atoms with E-state index < -0.39 is 0 Å². The third-order valence-corrected chi connectivity index (χ3v) is 4.45. The van der Waals surface area contributed by atoms with Crippen molar-refractivity contribution in [1.29, 1.82) is 0 Å². The lowest BCUT2D eigenvalue weighted by Crippen LogP contribution is -2.41. The van der Waals surface area contributed by atoms with Crippen LogP contribution in [0.1, 0.15) is 25.7 Å². The van der Waals surface area contributed by atoms with Crippen LogP contribution in [0.3, 0.4) is 0 Å². The highest BCUT2D eigenvalue weighted by molar-refractivity contribution is 6.29. The highest BCUT2D eigenvalue weighted by Gasteiger charge is 2.29. The van der Waals surface area contributed by atoms with Crippen LogP contribution in [0.15, 0.2) is 12.1 Å². The van der Waals surface area contributed by atoms with Gasteiger partial charge in [-0.3, -0.25) is 4.90 Å². The summed E-state index contributed by atoms with van der Waals surface area (Å²) < 4.78 is 0. The molecule has 2 aliphatic rings. The molecule has 1 aromatic heterocycles. The zero-order chi connectivity index (χ0) is 13.2. The molecule has 104 valence electrons. The molecule has 3 rings (SSSR count). The summed E-state index contributed by atoms with van der Waals surface area (Å²) in [5.41, 5.74) is 6.74. The molecule has 0 saturated carbocycles. The number of rotatable bonds is 2. The predicted octanol–water partition coefficient (Wildman–Crippen LogP) is 2.38. The maximum Gasteiger partial charge on any atom is 0.153 e. The van der Waals surface area contributed by atoms with E-state index in [0.717, 1.165) is 24.6 Å². The number of nitrogen functional groups attached to an aromatic ring is 1. The van der Waals surface area contributed by atoms with E-state index >= 15 is 0 Å². The lowest BCUT2D eigenvalue weighted by atomic mass is 10.1. The monoisotopic (exact) mass is 280 g/mol. The number of nitrogens with two attached hydrogens (primary N) is 1. The highest BCUT2D eigenvalue weighted by atomic mass is 35.5. The molecule has 2 N–H and O–H groups in total. The van der Waals surface area contributed by atoms with Crippen molar-refractivity contribution in [3.8, 4) is 0 Å². The van der Waals surface area contributed by atoms with Gasteiger partial charge in [-0.25, -0.2) is 4.98 Å². The van der Waals surface area contributed by atoms with Gasteiger partial charge in [-0.15, -0.1) is 0 Å². The van der Waals surface area contributed by atoms with Gasteiger partial charge >= 0.3 is 0 Å². The summed E-state index contributed by atoms with van der Waals surface area (Å²) in [6.45, 7) is 4.55. The van der Waals surface area contributed by atoms with Gasteiger partial charge in [0.25, 0.3) is 0 Å². The molecule has 4 nitrogen and oxygen atoms in total. The van der Waals surface area contributed by atoms with Crippen molar-refractivity contribution in [3.63, 3.8) is 0 Å². The van der Waals surface area contributed by atoms with Gasteiger partial charge in [0, 0.05) is 19.1 Å². The van der Waals surface area contributed by atoms with Crippen LogP contribution in [0, 0.1) is 0 Å². The Labute approximate surface area is 119 Å². The van der Waals surface area contributed by atoms with E-state index in [0.29, 0.717) is 11.2 Å². The molecule has 2 saturated heterocycles. The van der Waals surface area contributed by atoms with Crippen molar-refractivity contribution in [2.24, 2.45) is 0 Å². The number of pyridine rings is 1.